The van der Waals surface area contributed by atoms with Gasteiger partial charge in [0.2, 0.25) is 0 Å². The van der Waals surface area contributed by atoms with Gasteiger partial charge in [-0.2, -0.15) is 0 Å². The van der Waals surface area contributed by atoms with Crippen LogP contribution in [0.15, 0.2) is 66.9 Å². The number of aromatic nitrogens is 3. The first kappa shape index (κ1) is 19.4. The quantitative estimate of drug-likeness (QED) is 0.429. The molecule has 1 aliphatic heterocycles. The molecule has 0 radical (unpaired) electrons. The molecule has 5 nitrogen and oxygen atoms in total. The van der Waals surface area contributed by atoms with Gasteiger partial charge in [0.05, 0.1) is 12.3 Å². The minimum absolute atomic E-state index is 0.0539. The molecule has 3 aromatic heterocycles. The summed E-state index contributed by atoms with van der Waals surface area (Å²) in [5, 5.41) is 1.03. The summed E-state index contributed by atoms with van der Waals surface area (Å²) in [6.45, 7) is 1.63. The van der Waals surface area contributed by atoms with Crippen molar-refractivity contribution in [2.45, 2.75) is 25.7 Å². The molecular weight excluding hydrogens is 398 g/mol. The van der Waals surface area contributed by atoms with Crippen LogP contribution in [0, 0.1) is 11.3 Å². The molecule has 32 heavy (non-hydrogen) atoms. The Bertz CT molecular complexity index is 1290. The number of ketones is 1. The molecule has 1 spiro atoms. The van der Waals surface area contributed by atoms with E-state index in [1.807, 2.05) is 42.6 Å². The molecule has 4 aromatic rings. The summed E-state index contributed by atoms with van der Waals surface area (Å²) in [4.78, 5) is 26.0. The SMILES string of the molecule is O=C(c1cccc(-c2cnc3[nH]c(-c4ccccc4)cc3c2)n1)C1CCC2(CCOC2)C1. The van der Waals surface area contributed by atoms with E-state index in [1.54, 1.807) is 0 Å². The molecule has 1 saturated carbocycles. The van der Waals surface area contributed by atoms with E-state index < -0.39 is 0 Å². The number of rotatable bonds is 4. The zero-order valence-corrected chi connectivity index (χ0v) is 17.9. The summed E-state index contributed by atoms with van der Waals surface area (Å²) in [6, 6.07) is 20.1. The third-order valence-corrected chi connectivity index (χ3v) is 7.11. The molecule has 0 amide bonds. The van der Waals surface area contributed by atoms with Crippen molar-refractivity contribution in [3.63, 3.8) is 0 Å². The van der Waals surface area contributed by atoms with E-state index in [2.05, 4.69) is 34.2 Å². The van der Waals surface area contributed by atoms with Gasteiger partial charge in [0, 0.05) is 35.4 Å². The van der Waals surface area contributed by atoms with Gasteiger partial charge in [-0.15, -0.1) is 0 Å². The van der Waals surface area contributed by atoms with Crippen LogP contribution in [0.1, 0.15) is 36.2 Å². The zero-order chi connectivity index (χ0) is 21.5. The molecule has 0 bridgehead atoms. The Morgan fingerprint density at radius 1 is 1.03 bits per heavy atom. The maximum Gasteiger partial charge on any atom is 0.184 e. The van der Waals surface area contributed by atoms with Crippen LogP contribution < -0.4 is 0 Å². The standard InChI is InChI=1S/C27H25N3O2/c31-25(19-9-10-27(15-19)11-12-32-17-27)23-8-4-7-22(29-23)21-13-20-14-24(30-26(20)28-16-21)18-5-2-1-3-6-18/h1-8,13-14,16,19H,9-12,15,17H2,(H,28,30). The van der Waals surface area contributed by atoms with Crippen LogP contribution in [0.3, 0.4) is 0 Å². The first-order chi connectivity index (χ1) is 15.7. The molecule has 1 aliphatic carbocycles. The van der Waals surface area contributed by atoms with Crippen molar-refractivity contribution in [1.29, 1.82) is 0 Å². The van der Waals surface area contributed by atoms with Crippen molar-refractivity contribution >= 4 is 16.8 Å². The fourth-order valence-electron chi connectivity index (χ4n) is 5.31. The molecule has 4 heterocycles. The maximum absolute atomic E-state index is 13.2. The van der Waals surface area contributed by atoms with Crippen LogP contribution >= 0.6 is 0 Å². The van der Waals surface area contributed by atoms with Crippen molar-refractivity contribution < 1.29 is 9.53 Å². The number of carbonyl (C=O) groups excluding carboxylic acids is 1. The Morgan fingerprint density at radius 2 is 1.94 bits per heavy atom. The molecule has 2 unspecified atom stereocenters. The van der Waals surface area contributed by atoms with Gasteiger partial charge in [-0.25, -0.2) is 9.97 Å². The van der Waals surface area contributed by atoms with Crippen LogP contribution in [-0.4, -0.2) is 33.9 Å². The number of benzene rings is 1. The lowest BCUT2D eigenvalue weighted by atomic mass is 9.84. The number of hydrogen-bond donors (Lipinski definition) is 1. The topological polar surface area (TPSA) is 67.9 Å². The number of fused-ring (bicyclic) bond motifs is 1. The Balaban J connectivity index is 1.27. The Labute approximate surface area is 186 Å². The van der Waals surface area contributed by atoms with E-state index in [0.29, 0.717) is 5.69 Å². The average Bonchev–Trinajstić information content (AvgIpc) is 3.59. The van der Waals surface area contributed by atoms with E-state index in [9.17, 15) is 4.79 Å². The summed E-state index contributed by atoms with van der Waals surface area (Å²) >= 11 is 0. The highest BCUT2D eigenvalue weighted by Crippen LogP contribution is 2.48. The number of nitrogens with zero attached hydrogens (tertiary/aromatic N) is 2. The summed E-state index contributed by atoms with van der Waals surface area (Å²) in [5.41, 5.74) is 5.48. The summed E-state index contributed by atoms with van der Waals surface area (Å²) in [7, 11) is 0. The Morgan fingerprint density at radius 3 is 2.78 bits per heavy atom. The molecule has 2 aliphatic rings. The molecule has 1 aromatic carbocycles. The Hall–Kier alpha value is -3.31. The van der Waals surface area contributed by atoms with Gasteiger partial charge in [0.25, 0.3) is 0 Å². The van der Waals surface area contributed by atoms with Gasteiger partial charge >= 0.3 is 0 Å². The van der Waals surface area contributed by atoms with Crippen molar-refractivity contribution in [2.75, 3.05) is 13.2 Å². The number of nitrogens with one attached hydrogen (secondary N) is 1. The number of pyridine rings is 2. The van der Waals surface area contributed by atoms with Gasteiger partial charge < -0.3 is 9.72 Å². The van der Waals surface area contributed by atoms with E-state index in [-0.39, 0.29) is 17.1 Å². The van der Waals surface area contributed by atoms with Crippen molar-refractivity contribution in [2.24, 2.45) is 11.3 Å². The number of Topliss-reactive ketones (excluding diaryl/α,β-unsaturated/α-hetero) is 1. The lowest BCUT2D eigenvalue weighted by molar-refractivity contribution is 0.0902. The lowest BCUT2D eigenvalue weighted by Gasteiger charge is -2.20. The predicted molar refractivity (Wildman–Crippen MR) is 124 cm³/mol. The molecule has 1 N–H and O–H groups in total. The molecular formula is C27H25N3O2. The Kier molecular flexibility index (Phi) is 4.65. The second-order valence-corrected chi connectivity index (χ2v) is 9.23. The van der Waals surface area contributed by atoms with E-state index in [4.69, 9.17) is 9.72 Å². The number of aromatic amines is 1. The molecule has 5 heteroatoms. The van der Waals surface area contributed by atoms with Crippen LogP contribution in [-0.2, 0) is 4.74 Å². The summed E-state index contributed by atoms with van der Waals surface area (Å²) in [6.07, 6.45) is 5.85. The highest BCUT2D eigenvalue weighted by Gasteiger charge is 2.44. The first-order valence-corrected chi connectivity index (χ1v) is 11.3. The first-order valence-electron chi connectivity index (χ1n) is 11.3. The van der Waals surface area contributed by atoms with Gasteiger partial charge in [0.15, 0.2) is 5.78 Å². The second-order valence-electron chi connectivity index (χ2n) is 9.23. The van der Waals surface area contributed by atoms with Crippen molar-refractivity contribution in [3.05, 3.63) is 72.6 Å². The number of ether oxygens (including phenoxy) is 1. The monoisotopic (exact) mass is 423 g/mol. The molecule has 2 atom stereocenters. The average molecular weight is 424 g/mol. The molecule has 160 valence electrons. The van der Waals surface area contributed by atoms with Crippen molar-refractivity contribution in [3.8, 4) is 22.5 Å². The maximum atomic E-state index is 13.2. The highest BCUT2D eigenvalue weighted by molar-refractivity contribution is 5.97. The van der Waals surface area contributed by atoms with Gasteiger partial charge in [0.1, 0.15) is 11.3 Å². The largest absolute Gasteiger partial charge is 0.381 e. The molecule has 2 fully saturated rings. The van der Waals surface area contributed by atoms with Crippen LogP contribution in [0.4, 0.5) is 0 Å². The normalized spacial score (nSPS) is 22.7. The van der Waals surface area contributed by atoms with Gasteiger partial charge in [-0.05, 0) is 60.9 Å². The highest BCUT2D eigenvalue weighted by atomic mass is 16.5. The summed E-state index contributed by atoms with van der Waals surface area (Å²) < 4.78 is 5.62. The minimum Gasteiger partial charge on any atom is -0.381 e. The zero-order valence-electron chi connectivity index (χ0n) is 17.9. The summed E-state index contributed by atoms with van der Waals surface area (Å²) in [5.74, 6) is 0.218. The number of carbonyl (C=O) groups is 1. The number of H-pyrrole nitrogens is 1. The van der Waals surface area contributed by atoms with E-state index in [0.717, 1.165) is 72.4 Å². The van der Waals surface area contributed by atoms with Crippen molar-refractivity contribution in [1.82, 2.24) is 15.0 Å². The minimum atomic E-state index is 0.0539. The fourth-order valence-corrected chi connectivity index (χ4v) is 5.31. The lowest BCUT2D eigenvalue weighted by Crippen LogP contribution is -2.19. The van der Waals surface area contributed by atoms with Crippen LogP contribution in [0.2, 0.25) is 0 Å². The van der Waals surface area contributed by atoms with Gasteiger partial charge in [-0.1, -0.05) is 36.4 Å². The second kappa shape index (κ2) is 7.68. The number of hydrogen-bond acceptors (Lipinski definition) is 4. The van der Waals surface area contributed by atoms with E-state index in [1.165, 1.54) is 0 Å². The van der Waals surface area contributed by atoms with Crippen LogP contribution in [0.25, 0.3) is 33.5 Å². The predicted octanol–water partition coefficient (Wildman–Crippen LogP) is 5.68. The molecule has 6 rings (SSSR count). The van der Waals surface area contributed by atoms with E-state index >= 15 is 0 Å². The smallest absolute Gasteiger partial charge is 0.184 e. The fraction of sp³-hybridized carbons (Fsp3) is 0.296. The van der Waals surface area contributed by atoms with Crippen LogP contribution in [0.5, 0.6) is 0 Å². The third kappa shape index (κ3) is 3.43. The molecule has 1 saturated heterocycles. The third-order valence-electron chi connectivity index (χ3n) is 7.11. The van der Waals surface area contributed by atoms with Gasteiger partial charge in [-0.3, -0.25) is 4.79 Å².